The van der Waals surface area contributed by atoms with Crippen molar-refractivity contribution in [1.29, 1.82) is 0 Å². The van der Waals surface area contributed by atoms with Crippen molar-refractivity contribution in [2.24, 2.45) is 5.92 Å². The molecule has 6 nitrogen and oxygen atoms in total. The third-order valence-electron chi connectivity index (χ3n) is 5.35. The fourth-order valence-electron chi connectivity index (χ4n) is 3.72. The summed E-state index contributed by atoms with van der Waals surface area (Å²) in [4.78, 5) is 26.0. The van der Waals surface area contributed by atoms with Crippen LogP contribution in [0.5, 0.6) is 0 Å². The first-order valence-electron chi connectivity index (χ1n) is 10.3. The fourth-order valence-corrected chi connectivity index (χ4v) is 4.91. The van der Waals surface area contributed by atoms with E-state index < -0.39 is 0 Å². The van der Waals surface area contributed by atoms with E-state index in [1.807, 2.05) is 19.1 Å². The molecule has 3 aromatic rings. The molecule has 0 unspecified atom stereocenters. The van der Waals surface area contributed by atoms with Gasteiger partial charge in [-0.05, 0) is 50.5 Å². The van der Waals surface area contributed by atoms with Gasteiger partial charge in [-0.25, -0.2) is 4.98 Å². The van der Waals surface area contributed by atoms with Crippen LogP contribution in [0.1, 0.15) is 30.2 Å². The highest BCUT2D eigenvalue weighted by Crippen LogP contribution is 2.32. The lowest BCUT2D eigenvalue weighted by molar-refractivity contribution is -0.148. The molecule has 9 heteroatoms. The van der Waals surface area contributed by atoms with Crippen molar-refractivity contribution >= 4 is 62.5 Å². The number of aryl methyl sites for hydroxylation is 1. The molecule has 0 bridgehead atoms. The first-order valence-corrected chi connectivity index (χ1v) is 11.9. The topological polar surface area (TPSA) is 67.3 Å². The molecular formula is C22H24Cl2N4O2S. The number of halogens is 2. The maximum absolute atomic E-state index is 12.0. The predicted molar refractivity (Wildman–Crippen MR) is 128 cm³/mol. The van der Waals surface area contributed by atoms with Gasteiger partial charge in [0.15, 0.2) is 0 Å². The maximum Gasteiger partial charge on any atom is 0.309 e. The molecule has 0 radical (unpaired) electrons. The average Bonchev–Trinajstić information content (AvgIpc) is 3.15. The number of hydrogen-bond acceptors (Lipinski definition) is 7. The Bertz CT molecular complexity index is 1100. The van der Waals surface area contributed by atoms with E-state index in [2.05, 4.69) is 23.2 Å². The number of carbonyl (C=O) groups excluding carboxylic acids is 1. The minimum Gasteiger partial charge on any atom is -0.466 e. The summed E-state index contributed by atoms with van der Waals surface area (Å²) in [6, 6.07) is 7.70. The van der Waals surface area contributed by atoms with E-state index in [0.717, 1.165) is 47.5 Å². The smallest absolute Gasteiger partial charge is 0.309 e. The minimum absolute atomic E-state index is 0.0452. The number of nitrogens with zero attached hydrogens (tertiary/aromatic N) is 3. The third kappa shape index (κ3) is 5.05. The second-order valence-electron chi connectivity index (χ2n) is 7.56. The molecule has 1 N–H and O–H groups in total. The van der Waals surface area contributed by atoms with Crippen molar-refractivity contribution < 1.29 is 9.53 Å². The number of carbonyl (C=O) groups is 1. The molecule has 0 spiro atoms. The molecule has 1 fully saturated rings. The molecule has 3 heterocycles. The van der Waals surface area contributed by atoms with Crippen molar-refractivity contribution in [3.63, 3.8) is 0 Å². The summed E-state index contributed by atoms with van der Waals surface area (Å²) < 4.78 is 5.18. The molecule has 4 rings (SSSR count). The Labute approximate surface area is 195 Å². The van der Waals surface area contributed by atoms with Crippen LogP contribution in [0.4, 0.5) is 11.8 Å². The zero-order valence-electron chi connectivity index (χ0n) is 17.5. The quantitative estimate of drug-likeness (QED) is 0.458. The van der Waals surface area contributed by atoms with Crippen molar-refractivity contribution in [3.8, 4) is 0 Å². The summed E-state index contributed by atoms with van der Waals surface area (Å²) in [6.07, 6.45) is 1.49. The van der Waals surface area contributed by atoms with Gasteiger partial charge >= 0.3 is 5.97 Å². The van der Waals surface area contributed by atoms with Crippen molar-refractivity contribution in [1.82, 2.24) is 9.97 Å². The normalized spacial score (nSPS) is 14.8. The van der Waals surface area contributed by atoms with Crippen molar-refractivity contribution in [2.75, 3.05) is 29.9 Å². The summed E-state index contributed by atoms with van der Waals surface area (Å²) in [7, 11) is 0. The van der Waals surface area contributed by atoms with Crippen LogP contribution in [0.2, 0.25) is 10.0 Å². The molecular weight excluding hydrogens is 455 g/mol. The number of rotatable bonds is 6. The number of piperidine rings is 1. The minimum atomic E-state index is -0.101. The Morgan fingerprint density at radius 3 is 2.71 bits per heavy atom. The van der Waals surface area contributed by atoms with Gasteiger partial charge in [0.2, 0.25) is 5.95 Å². The van der Waals surface area contributed by atoms with Gasteiger partial charge in [0.05, 0.1) is 28.0 Å². The number of ether oxygens (including phenoxy) is 1. The van der Waals surface area contributed by atoms with Crippen LogP contribution in [0.25, 0.3) is 10.2 Å². The lowest BCUT2D eigenvalue weighted by Gasteiger charge is -2.31. The SMILES string of the molecule is CCOC(=O)C1CCN(c2nc(NCc3ccc(Cl)c(Cl)c3)c3cc(C)sc3n2)CC1. The second kappa shape index (κ2) is 9.59. The third-order valence-corrected chi connectivity index (χ3v) is 7.03. The van der Waals surface area contributed by atoms with E-state index >= 15 is 0 Å². The lowest BCUT2D eigenvalue weighted by Crippen LogP contribution is -2.38. The van der Waals surface area contributed by atoms with Crippen LogP contribution in [0.15, 0.2) is 24.3 Å². The van der Waals surface area contributed by atoms with E-state index in [1.54, 1.807) is 17.4 Å². The number of hydrogen-bond donors (Lipinski definition) is 1. The molecule has 0 aliphatic carbocycles. The number of nitrogens with one attached hydrogen (secondary N) is 1. The zero-order valence-corrected chi connectivity index (χ0v) is 19.8. The van der Waals surface area contributed by atoms with Gasteiger partial charge in [-0.3, -0.25) is 4.79 Å². The van der Waals surface area contributed by atoms with Crippen LogP contribution >= 0.6 is 34.5 Å². The van der Waals surface area contributed by atoms with Gasteiger partial charge in [-0.1, -0.05) is 29.3 Å². The number of aromatic nitrogens is 2. The average molecular weight is 479 g/mol. The molecule has 164 valence electrons. The molecule has 1 saturated heterocycles. The lowest BCUT2D eigenvalue weighted by atomic mass is 9.97. The number of esters is 1. The molecule has 1 aliphatic heterocycles. The van der Waals surface area contributed by atoms with Crippen LogP contribution in [-0.4, -0.2) is 35.6 Å². The summed E-state index contributed by atoms with van der Waals surface area (Å²) in [5, 5.41) is 5.52. The van der Waals surface area contributed by atoms with E-state index in [0.29, 0.717) is 29.1 Å². The first-order chi connectivity index (χ1) is 14.9. The molecule has 0 amide bonds. The van der Waals surface area contributed by atoms with Crippen LogP contribution in [0, 0.1) is 12.8 Å². The highest BCUT2D eigenvalue weighted by molar-refractivity contribution is 7.18. The summed E-state index contributed by atoms with van der Waals surface area (Å²) in [5.41, 5.74) is 1.02. The summed E-state index contributed by atoms with van der Waals surface area (Å²) >= 11 is 13.8. The standard InChI is InChI=1S/C22H24Cl2N4O2S/c1-3-30-21(29)15-6-8-28(9-7-15)22-26-19(16-10-13(2)31-20(16)27-22)25-12-14-4-5-17(23)18(24)11-14/h4-5,10-11,15H,3,6-9,12H2,1-2H3,(H,25,26,27). The van der Waals surface area contributed by atoms with Gasteiger partial charge in [0, 0.05) is 24.5 Å². The molecule has 0 atom stereocenters. The van der Waals surface area contributed by atoms with Gasteiger partial charge < -0.3 is 15.0 Å². The Balaban J connectivity index is 1.54. The highest BCUT2D eigenvalue weighted by atomic mass is 35.5. The molecule has 31 heavy (non-hydrogen) atoms. The summed E-state index contributed by atoms with van der Waals surface area (Å²) in [6.45, 7) is 6.36. The number of anilines is 2. The van der Waals surface area contributed by atoms with Gasteiger partial charge in [-0.2, -0.15) is 4.98 Å². The van der Waals surface area contributed by atoms with E-state index in [1.165, 1.54) is 4.88 Å². The molecule has 2 aromatic heterocycles. The number of benzene rings is 1. The van der Waals surface area contributed by atoms with E-state index in [9.17, 15) is 4.79 Å². The maximum atomic E-state index is 12.0. The zero-order chi connectivity index (χ0) is 22.0. The molecule has 0 saturated carbocycles. The van der Waals surface area contributed by atoms with Gasteiger partial charge in [0.25, 0.3) is 0 Å². The highest BCUT2D eigenvalue weighted by Gasteiger charge is 2.27. The second-order valence-corrected chi connectivity index (χ2v) is 9.61. The summed E-state index contributed by atoms with van der Waals surface area (Å²) in [5.74, 6) is 1.34. The Morgan fingerprint density at radius 1 is 1.23 bits per heavy atom. The Hall–Kier alpha value is -2.09. The van der Waals surface area contributed by atoms with Crippen LogP contribution in [0.3, 0.4) is 0 Å². The number of thiophene rings is 1. The first kappa shape index (κ1) is 22.1. The fraction of sp³-hybridized carbons (Fsp3) is 0.409. The largest absolute Gasteiger partial charge is 0.466 e. The molecule has 1 aliphatic rings. The van der Waals surface area contributed by atoms with Gasteiger partial charge in [-0.15, -0.1) is 11.3 Å². The molecule has 1 aromatic carbocycles. The van der Waals surface area contributed by atoms with Crippen LogP contribution < -0.4 is 10.2 Å². The van der Waals surface area contributed by atoms with Crippen LogP contribution in [-0.2, 0) is 16.1 Å². The Morgan fingerprint density at radius 2 is 2.00 bits per heavy atom. The van der Waals surface area contributed by atoms with Crippen molar-refractivity contribution in [2.45, 2.75) is 33.2 Å². The number of fused-ring (bicyclic) bond motifs is 1. The monoisotopic (exact) mass is 478 g/mol. The van der Waals surface area contributed by atoms with E-state index in [-0.39, 0.29) is 11.9 Å². The van der Waals surface area contributed by atoms with Crippen molar-refractivity contribution in [3.05, 3.63) is 44.8 Å². The Kier molecular flexibility index (Phi) is 6.84. The van der Waals surface area contributed by atoms with Gasteiger partial charge in [0.1, 0.15) is 10.6 Å². The predicted octanol–water partition coefficient (Wildman–Crippen LogP) is 5.70. The van der Waals surface area contributed by atoms with E-state index in [4.69, 9.17) is 37.9 Å².